The molecule has 1 N–H and O–H groups in total. The van der Waals surface area contributed by atoms with E-state index in [9.17, 15) is 14.5 Å². The van der Waals surface area contributed by atoms with Gasteiger partial charge in [0.2, 0.25) is 0 Å². The number of benzene rings is 1. The summed E-state index contributed by atoms with van der Waals surface area (Å²) in [7, 11) is 0. The van der Waals surface area contributed by atoms with Gasteiger partial charge in [-0.1, -0.05) is 0 Å². The highest BCUT2D eigenvalue weighted by Gasteiger charge is 2.09. The van der Waals surface area contributed by atoms with Crippen LogP contribution < -0.4 is 5.32 Å². The van der Waals surface area contributed by atoms with E-state index in [-0.39, 0.29) is 5.69 Å². The highest BCUT2D eigenvalue weighted by Crippen LogP contribution is 2.19. The Morgan fingerprint density at radius 2 is 2.20 bits per heavy atom. The number of unbranched alkanes of at least 4 members (excludes halogenated alkanes) is 1. The van der Waals surface area contributed by atoms with Crippen molar-refractivity contribution in [3.63, 3.8) is 0 Å². The fourth-order valence-corrected chi connectivity index (χ4v) is 1.85. The van der Waals surface area contributed by atoms with E-state index in [0.29, 0.717) is 12.2 Å². The fourth-order valence-electron chi connectivity index (χ4n) is 1.85. The van der Waals surface area contributed by atoms with Crippen LogP contribution in [0.15, 0.2) is 36.9 Å². The Morgan fingerprint density at radius 1 is 1.35 bits per heavy atom. The van der Waals surface area contributed by atoms with Crippen molar-refractivity contribution in [3.8, 4) is 0 Å². The van der Waals surface area contributed by atoms with E-state index < -0.39 is 10.7 Å². The van der Waals surface area contributed by atoms with Crippen LogP contribution in [0.5, 0.6) is 0 Å². The van der Waals surface area contributed by atoms with Gasteiger partial charge in [-0.25, -0.2) is 9.37 Å². The SMILES string of the molecule is O=[N+]([O-])c1cc(F)cc(NCCCCn2ccnc2)c1. The molecule has 1 aromatic heterocycles. The molecule has 1 heterocycles. The number of nitrogens with zero attached hydrogens (tertiary/aromatic N) is 3. The first-order chi connectivity index (χ1) is 9.65. The number of nitro groups is 1. The number of nitrogens with one attached hydrogen (secondary N) is 1. The van der Waals surface area contributed by atoms with Crippen LogP contribution in [-0.2, 0) is 6.54 Å². The molecular formula is C13H15FN4O2. The van der Waals surface area contributed by atoms with Crippen molar-refractivity contribution in [2.45, 2.75) is 19.4 Å². The summed E-state index contributed by atoms with van der Waals surface area (Å²) in [5.74, 6) is -0.611. The van der Waals surface area contributed by atoms with Crippen LogP contribution >= 0.6 is 0 Å². The monoisotopic (exact) mass is 278 g/mol. The number of aryl methyl sites for hydroxylation is 1. The van der Waals surface area contributed by atoms with Crippen molar-refractivity contribution in [3.05, 3.63) is 52.9 Å². The second-order valence-electron chi connectivity index (χ2n) is 4.39. The summed E-state index contributed by atoms with van der Waals surface area (Å²) in [5, 5.41) is 13.6. The molecule has 1 aromatic carbocycles. The van der Waals surface area contributed by atoms with Gasteiger partial charge in [-0.2, -0.15) is 0 Å². The van der Waals surface area contributed by atoms with E-state index in [2.05, 4.69) is 10.3 Å². The summed E-state index contributed by atoms with van der Waals surface area (Å²) in [4.78, 5) is 14.0. The molecule has 106 valence electrons. The van der Waals surface area contributed by atoms with Gasteiger partial charge in [-0.3, -0.25) is 10.1 Å². The number of aromatic nitrogens is 2. The smallest absolute Gasteiger partial charge is 0.274 e. The Kier molecular flexibility index (Phi) is 4.65. The molecule has 0 aliphatic rings. The van der Waals surface area contributed by atoms with Crippen LogP contribution in [0.3, 0.4) is 0 Å². The second-order valence-corrected chi connectivity index (χ2v) is 4.39. The minimum Gasteiger partial charge on any atom is -0.385 e. The lowest BCUT2D eigenvalue weighted by atomic mass is 10.2. The molecule has 0 bridgehead atoms. The van der Waals surface area contributed by atoms with Crippen molar-refractivity contribution in [2.24, 2.45) is 0 Å². The maximum atomic E-state index is 13.2. The Labute approximate surface area is 115 Å². The maximum absolute atomic E-state index is 13.2. The third kappa shape index (κ3) is 4.04. The zero-order valence-electron chi connectivity index (χ0n) is 10.8. The average molecular weight is 278 g/mol. The van der Waals surface area contributed by atoms with Crippen LogP contribution in [0.4, 0.5) is 15.8 Å². The number of rotatable bonds is 7. The number of imidazole rings is 1. The Balaban J connectivity index is 1.77. The van der Waals surface area contributed by atoms with Crippen LogP contribution in [0, 0.1) is 15.9 Å². The molecule has 0 spiro atoms. The lowest BCUT2D eigenvalue weighted by Gasteiger charge is -2.07. The van der Waals surface area contributed by atoms with Gasteiger partial charge in [-0.05, 0) is 18.9 Å². The lowest BCUT2D eigenvalue weighted by molar-refractivity contribution is -0.385. The molecule has 0 atom stereocenters. The van der Waals surface area contributed by atoms with Crippen molar-refractivity contribution >= 4 is 11.4 Å². The van der Waals surface area contributed by atoms with E-state index >= 15 is 0 Å². The Hall–Kier alpha value is -2.44. The van der Waals surface area contributed by atoms with Gasteiger partial charge >= 0.3 is 0 Å². The van der Waals surface area contributed by atoms with Crippen LogP contribution in [0.2, 0.25) is 0 Å². The van der Waals surface area contributed by atoms with Crippen molar-refractivity contribution in [1.29, 1.82) is 0 Å². The number of hydrogen-bond acceptors (Lipinski definition) is 4. The number of anilines is 1. The normalized spacial score (nSPS) is 10.4. The molecule has 20 heavy (non-hydrogen) atoms. The summed E-state index contributed by atoms with van der Waals surface area (Å²) in [5.41, 5.74) is 0.185. The fraction of sp³-hybridized carbons (Fsp3) is 0.308. The Bertz CT molecular complexity index is 572. The predicted octanol–water partition coefficient (Wildman–Crippen LogP) is 2.82. The molecule has 7 heteroatoms. The molecule has 2 rings (SSSR count). The van der Waals surface area contributed by atoms with Crippen LogP contribution in [0.1, 0.15) is 12.8 Å². The predicted molar refractivity (Wildman–Crippen MR) is 73.0 cm³/mol. The molecule has 0 aliphatic carbocycles. The van der Waals surface area contributed by atoms with Gasteiger partial charge in [0.05, 0.1) is 17.3 Å². The largest absolute Gasteiger partial charge is 0.385 e. The summed E-state index contributed by atoms with van der Waals surface area (Å²) >= 11 is 0. The maximum Gasteiger partial charge on any atom is 0.274 e. The van der Waals surface area contributed by atoms with E-state index in [1.165, 1.54) is 12.1 Å². The van der Waals surface area contributed by atoms with Gasteiger partial charge < -0.3 is 9.88 Å². The standard InChI is InChI=1S/C13H15FN4O2/c14-11-7-12(9-13(8-11)18(19)20)16-3-1-2-5-17-6-4-15-10-17/h4,6-10,16H,1-3,5H2. The quantitative estimate of drug-likeness (QED) is 0.480. The minimum atomic E-state index is -0.611. The number of halogens is 1. The second kappa shape index (κ2) is 6.65. The molecule has 0 aliphatic heterocycles. The van der Waals surface area contributed by atoms with E-state index in [0.717, 1.165) is 25.5 Å². The third-order valence-electron chi connectivity index (χ3n) is 2.82. The number of hydrogen-bond donors (Lipinski definition) is 1. The molecule has 0 unspecified atom stereocenters. The minimum absolute atomic E-state index is 0.245. The topological polar surface area (TPSA) is 73.0 Å². The number of nitro benzene ring substituents is 1. The molecule has 0 amide bonds. The molecule has 0 saturated heterocycles. The van der Waals surface area contributed by atoms with Gasteiger partial charge in [0.1, 0.15) is 5.82 Å². The Morgan fingerprint density at radius 3 is 2.90 bits per heavy atom. The highest BCUT2D eigenvalue weighted by atomic mass is 19.1. The van der Waals surface area contributed by atoms with Crippen molar-refractivity contribution in [2.75, 3.05) is 11.9 Å². The van der Waals surface area contributed by atoms with Gasteiger partial charge in [0, 0.05) is 37.2 Å². The first-order valence-corrected chi connectivity index (χ1v) is 6.30. The summed E-state index contributed by atoms with van der Waals surface area (Å²) in [6.45, 7) is 1.50. The van der Waals surface area contributed by atoms with Gasteiger partial charge in [0.25, 0.3) is 5.69 Å². The summed E-state index contributed by atoms with van der Waals surface area (Å²) in [6.07, 6.45) is 7.19. The molecular weight excluding hydrogens is 263 g/mol. The van der Waals surface area contributed by atoms with Gasteiger partial charge in [-0.15, -0.1) is 0 Å². The summed E-state index contributed by atoms with van der Waals surface area (Å²) < 4.78 is 15.2. The zero-order valence-corrected chi connectivity index (χ0v) is 10.8. The molecule has 6 nitrogen and oxygen atoms in total. The average Bonchev–Trinajstić information content (AvgIpc) is 2.91. The van der Waals surface area contributed by atoms with Crippen LogP contribution in [0.25, 0.3) is 0 Å². The number of non-ortho nitro benzene ring substituents is 1. The van der Waals surface area contributed by atoms with E-state index in [1.807, 2.05) is 10.8 Å². The molecule has 0 radical (unpaired) electrons. The molecule has 0 fully saturated rings. The van der Waals surface area contributed by atoms with E-state index in [4.69, 9.17) is 0 Å². The first kappa shape index (κ1) is 14.0. The van der Waals surface area contributed by atoms with Gasteiger partial charge in [0.15, 0.2) is 0 Å². The molecule has 2 aromatic rings. The first-order valence-electron chi connectivity index (χ1n) is 6.30. The van der Waals surface area contributed by atoms with Crippen LogP contribution in [-0.4, -0.2) is 21.0 Å². The zero-order chi connectivity index (χ0) is 14.4. The third-order valence-corrected chi connectivity index (χ3v) is 2.82. The highest BCUT2D eigenvalue weighted by molar-refractivity contribution is 5.51. The lowest BCUT2D eigenvalue weighted by Crippen LogP contribution is -2.04. The molecule has 0 saturated carbocycles. The van der Waals surface area contributed by atoms with Crippen molar-refractivity contribution in [1.82, 2.24) is 9.55 Å². The summed E-state index contributed by atoms with van der Waals surface area (Å²) in [6, 6.07) is 3.49. The van der Waals surface area contributed by atoms with Crippen molar-refractivity contribution < 1.29 is 9.31 Å². The van der Waals surface area contributed by atoms with E-state index in [1.54, 1.807) is 12.5 Å².